The Bertz CT molecular complexity index is 1070. The van der Waals surface area contributed by atoms with E-state index >= 15 is 0 Å². The molecule has 0 N–H and O–H groups in total. The van der Waals surface area contributed by atoms with E-state index in [1.807, 2.05) is 13.0 Å². The fourth-order valence-corrected chi connectivity index (χ4v) is 3.84. The van der Waals surface area contributed by atoms with Gasteiger partial charge in [0.25, 0.3) is 0 Å². The highest BCUT2D eigenvalue weighted by molar-refractivity contribution is 6.33. The Balaban J connectivity index is 1.90. The Hall–Kier alpha value is -2.46. The number of ether oxygens (including phenoxy) is 1. The summed E-state index contributed by atoms with van der Waals surface area (Å²) in [5.41, 5.74) is 5.46. The van der Waals surface area contributed by atoms with Gasteiger partial charge in [-0.3, -0.25) is 0 Å². The summed E-state index contributed by atoms with van der Waals surface area (Å²) in [5, 5.41) is 1.43. The van der Waals surface area contributed by atoms with Gasteiger partial charge in [0.1, 0.15) is 11.3 Å². The van der Waals surface area contributed by atoms with Gasteiger partial charge < -0.3 is 14.1 Å². The molecule has 2 aromatic carbocycles. The molecular weight excluding hydrogens is 350 g/mol. The largest absolute Gasteiger partial charge is 0.471 e. The van der Waals surface area contributed by atoms with Crippen LogP contribution in [-0.2, 0) is 13.0 Å². The highest BCUT2D eigenvalue weighted by Gasteiger charge is 2.26. The molecule has 1 aromatic heterocycles. The van der Waals surface area contributed by atoms with Gasteiger partial charge in [-0.05, 0) is 49.1 Å². The van der Waals surface area contributed by atoms with Crippen LogP contribution in [0.15, 0.2) is 39.5 Å². The molecule has 0 fully saturated rings. The molecule has 5 heteroatoms. The van der Waals surface area contributed by atoms with E-state index in [-0.39, 0.29) is 5.63 Å². The third-order valence-electron chi connectivity index (χ3n) is 4.92. The van der Waals surface area contributed by atoms with Gasteiger partial charge in [-0.25, -0.2) is 4.79 Å². The van der Waals surface area contributed by atoms with Crippen molar-refractivity contribution in [3.05, 3.63) is 68.0 Å². The number of halogens is 1. The van der Waals surface area contributed by atoms with Crippen molar-refractivity contribution >= 4 is 28.3 Å². The van der Waals surface area contributed by atoms with E-state index in [0.29, 0.717) is 29.6 Å². The molecule has 1 aliphatic heterocycles. The van der Waals surface area contributed by atoms with Crippen LogP contribution in [0.3, 0.4) is 0 Å². The second-order valence-electron chi connectivity index (χ2n) is 6.75. The predicted molar refractivity (Wildman–Crippen MR) is 104 cm³/mol. The summed E-state index contributed by atoms with van der Waals surface area (Å²) in [5.74, 6) is 0.608. The molecule has 0 aliphatic carbocycles. The Morgan fingerprint density at radius 1 is 1.19 bits per heavy atom. The van der Waals surface area contributed by atoms with E-state index in [1.165, 1.54) is 17.2 Å². The molecular formula is C21H20ClNO3. The summed E-state index contributed by atoms with van der Waals surface area (Å²) in [7, 11) is 0. The number of hydrogen-bond donors (Lipinski definition) is 0. The smallest absolute Gasteiger partial charge is 0.336 e. The van der Waals surface area contributed by atoms with Gasteiger partial charge in [0.05, 0.1) is 17.1 Å². The molecule has 0 bridgehead atoms. The maximum atomic E-state index is 12.0. The molecule has 26 heavy (non-hydrogen) atoms. The summed E-state index contributed by atoms with van der Waals surface area (Å²) < 4.78 is 11.5. The van der Waals surface area contributed by atoms with Crippen LogP contribution in [0.25, 0.3) is 11.0 Å². The molecule has 134 valence electrons. The molecule has 0 saturated carbocycles. The van der Waals surface area contributed by atoms with Gasteiger partial charge in [-0.1, -0.05) is 30.7 Å². The predicted octanol–water partition coefficient (Wildman–Crippen LogP) is 4.98. The maximum absolute atomic E-state index is 12.0. The van der Waals surface area contributed by atoms with Crippen molar-refractivity contribution in [2.24, 2.45) is 0 Å². The van der Waals surface area contributed by atoms with Crippen LogP contribution in [0.1, 0.15) is 29.2 Å². The molecule has 4 rings (SSSR count). The summed E-state index contributed by atoms with van der Waals surface area (Å²) >= 11 is 6.48. The first-order chi connectivity index (χ1) is 12.5. The van der Waals surface area contributed by atoms with Crippen molar-refractivity contribution in [2.75, 3.05) is 11.6 Å². The van der Waals surface area contributed by atoms with Crippen LogP contribution < -0.4 is 15.3 Å². The molecule has 3 aromatic rings. The summed E-state index contributed by atoms with van der Waals surface area (Å²) in [6.07, 6.45) is 0.735. The first-order valence-corrected chi connectivity index (χ1v) is 9.09. The summed E-state index contributed by atoms with van der Waals surface area (Å²) in [4.78, 5) is 14.2. The Morgan fingerprint density at radius 2 is 2.00 bits per heavy atom. The van der Waals surface area contributed by atoms with Gasteiger partial charge in [-0.15, -0.1) is 0 Å². The van der Waals surface area contributed by atoms with Crippen LogP contribution in [0.2, 0.25) is 5.02 Å². The third kappa shape index (κ3) is 2.74. The van der Waals surface area contributed by atoms with Gasteiger partial charge in [0.15, 0.2) is 6.73 Å². The first kappa shape index (κ1) is 17.0. The minimum Gasteiger partial charge on any atom is -0.471 e. The standard InChI is InChI=1S/C21H20ClNO3/c1-4-14-8-19(24)26-20-15(14)9-17(22)21-16(20)10-23(11-25-21)18-7-12(2)5-6-13(18)3/h5-9H,4,10-11H2,1-3H3. The van der Waals surface area contributed by atoms with Gasteiger partial charge in [-0.2, -0.15) is 0 Å². The van der Waals surface area contributed by atoms with E-state index < -0.39 is 0 Å². The highest BCUT2D eigenvalue weighted by atomic mass is 35.5. The lowest BCUT2D eigenvalue weighted by atomic mass is 10.0. The lowest BCUT2D eigenvalue weighted by molar-refractivity contribution is 0.289. The summed E-state index contributed by atoms with van der Waals surface area (Å²) in [6.45, 7) is 7.14. The quantitative estimate of drug-likeness (QED) is 0.597. The van der Waals surface area contributed by atoms with Crippen LogP contribution in [-0.4, -0.2) is 6.73 Å². The van der Waals surface area contributed by atoms with Gasteiger partial charge in [0, 0.05) is 17.1 Å². The normalized spacial score (nSPS) is 13.6. The molecule has 0 unspecified atom stereocenters. The van der Waals surface area contributed by atoms with Crippen molar-refractivity contribution in [3.8, 4) is 5.75 Å². The van der Waals surface area contributed by atoms with Crippen molar-refractivity contribution in [3.63, 3.8) is 0 Å². The minimum absolute atomic E-state index is 0.345. The molecule has 0 radical (unpaired) electrons. The van der Waals surface area contributed by atoms with Gasteiger partial charge >= 0.3 is 5.63 Å². The zero-order valence-corrected chi connectivity index (χ0v) is 15.8. The van der Waals surface area contributed by atoms with E-state index in [2.05, 4.69) is 36.9 Å². The Morgan fingerprint density at radius 3 is 2.77 bits per heavy atom. The lowest BCUT2D eigenvalue weighted by Crippen LogP contribution is -2.32. The monoisotopic (exact) mass is 369 g/mol. The molecule has 0 saturated heterocycles. The van der Waals surface area contributed by atoms with Crippen LogP contribution in [0.4, 0.5) is 5.69 Å². The SMILES string of the molecule is CCc1cc(=O)oc2c3c(c(Cl)cc12)OCN(c1cc(C)ccc1C)C3. The number of hydrogen-bond acceptors (Lipinski definition) is 4. The van der Waals surface area contributed by atoms with E-state index in [1.54, 1.807) is 0 Å². The lowest BCUT2D eigenvalue weighted by Gasteiger charge is -2.32. The molecule has 1 aliphatic rings. The number of anilines is 1. The summed E-state index contributed by atoms with van der Waals surface area (Å²) in [6, 6.07) is 9.72. The second kappa shape index (κ2) is 6.36. The third-order valence-corrected chi connectivity index (χ3v) is 5.20. The van der Waals surface area contributed by atoms with Crippen molar-refractivity contribution < 1.29 is 9.15 Å². The van der Waals surface area contributed by atoms with Crippen molar-refractivity contribution in [2.45, 2.75) is 33.7 Å². The maximum Gasteiger partial charge on any atom is 0.336 e. The average molecular weight is 370 g/mol. The van der Waals surface area contributed by atoms with Crippen molar-refractivity contribution in [1.82, 2.24) is 0 Å². The Kier molecular flexibility index (Phi) is 4.16. The highest BCUT2D eigenvalue weighted by Crippen LogP contribution is 2.40. The van der Waals surface area contributed by atoms with E-state index in [4.69, 9.17) is 20.8 Å². The van der Waals surface area contributed by atoms with Crippen LogP contribution in [0.5, 0.6) is 5.75 Å². The van der Waals surface area contributed by atoms with E-state index in [0.717, 1.165) is 28.6 Å². The topological polar surface area (TPSA) is 42.7 Å². The fourth-order valence-electron chi connectivity index (χ4n) is 3.56. The number of aryl methyl sites for hydroxylation is 3. The number of fused-ring (bicyclic) bond motifs is 3. The molecule has 0 atom stereocenters. The molecule has 0 amide bonds. The first-order valence-electron chi connectivity index (χ1n) is 8.71. The number of nitrogens with zero attached hydrogens (tertiary/aromatic N) is 1. The van der Waals surface area contributed by atoms with Crippen LogP contribution in [0, 0.1) is 13.8 Å². The minimum atomic E-state index is -0.345. The number of benzene rings is 2. The zero-order chi connectivity index (χ0) is 18.4. The fraction of sp³-hybridized carbons (Fsp3) is 0.286. The van der Waals surface area contributed by atoms with Crippen LogP contribution >= 0.6 is 11.6 Å². The molecule has 0 spiro atoms. The molecule has 2 heterocycles. The average Bonchev–Trinajstić information content (AvgIpc) is 2.63. The van der Waals surface area contributed by atoms with E-state index in [9.17, 15) is 4.79 Å². The van der Waals surface area contributed by atoms with Crippen molar-refractivity contribution in [1.29, 1.82) is 0 Å². The Labute approximate surface area is 156 Å². The molecule has 4 nitrogen and oxygen atoms in total. The zero-order valence-electron chi connectivity index (χ0n) is 15.1. The van der Waals surface area contributed by atoms with Gasteiger partial charge in [0.2, 0.25) is 0 Å². The second-order valence-corrected chi connectivity index (χ2v) is 7.16. The number of rotatable bonds is 2.